The lowest BCUT2D eigenvalue weighted by atomic mass is 10.2. The predicted octanol–water partition coefficient (Wildman–Crippen LogP) is 0.0742. The molecule has 0 bridgehead atoms. The van der Waals surface area contributed by atoms with E-state index in [0.717, 1.165) is 0 Å². The van der Waals surface area contributed by atoms with Crippen LogP contribution in [0.1, 0.15) is 23.2 Å². The molecule has 1 saturated heterocycles. The molecule has 0 radical (unpaired) electrons. The number of amides is 2. The highest BCUT2D eigenvalue weighted by molar-refractivity contribution is 5.97. The van der Waals surface area contributed by atoms with Gasteiger partial charge in [-0.25, -0.2) is 4.79 Å². The molecule has 2 rings (SSSR count). The Bertz CT molecular complexity index is 556. The maximum atomic E-state index is 12.0. The van der Waals surface area contributed by atoms with E-state index < -0.39 is 17.9 Å². The molecule has 1 heterocycles. The van der Waals surface area contributed by atoms with E-state index >= 15 is 0 Å². The number of anilines is 1. The maximum Gasteiger partial charge on any atom is 0.326 e. The molecule has 2 amide bonds. The van der Waals surface area contributed by atoms with Crippen LogP contribution in [0, 0.1) is 0 Å². The number of nitrogens with two attached hydrogens (primary N) is 1. The van der Waals surface area contributed by atoms with E-state index in [4.69, 9.17) is 10.8 Å². The smallest absolute Gasteiger partial charge is 0.326 e. The molecule has 0 spiro atoms. The lowest BCUT2D eigenvalue weighted by Crippen LogP contribution is -2.45. The number of likely N-dealkylation sites (tertiary alicyclic amines) is 1. The summed E-state index contributed by atoms with van der Waals surface area (Å²) in [5.74, 6) is -1.79. The molecule has 1 aliphatic rings. The van der Waals surface area contributed by atoms with Crippen molar-refractivity contribution in [3.63, 3.8) is 0 Å². The second kappa shape index (κ2) is 6.25. The summed E-state index contributed by atoms with van der Waals surface area (Å²) in [6.07, 6.45) is 1.11. The van der Waals surface area contributed by atoms with E-state index in [1.54, 1.807) is 24.3 Å². The minimum Gasteiger partial charge on any atom is -0.480 e. The van der Waals surface area contributed by atoms with Gasteiger partial charge in [-0.05, 0) is 37.1 Å². The Hall–Kier alpha value is -2.57. The average Bonchev–Trinajstić information content (AvgIpc) is 2.95. The third-order valence-electron chi connectivity index (χ3n) is 3.43. The van der Waals surface area contributed by atoms with Crippen molar-refractivity contribution in [3.8, 4) is 0 Å². The Balaban J connectivity index is 1.90. The van der Waals surface area contributed by atoms with Gasteiger partial charge < -0.3 is 21.1 Å². The number of nitrogen functional groups attached to an aromatic ring is 1. The van der Waals surface area contributed by atoms with Crippen LogP contribution in [0.25, 0.3) is 0 Å². The van der Waals surface area contributed by atoms with E-state index in [9.17, 15) is 14.4 Å². The van der Waals surface area contributed by atoms with E-state index in [1.165, 1.54) is 4.90 Å². The number of hydrogen-bond donors (Lipinski definition) is 3. The minimum atomic E-state index is -1.01. The van der Waals surface area contributed by atoms with Gasteiger partial charge >= 0.3 is 5.97 Å². The van der Waals surface area contributed by atoms with E-state index in [2.05, 4.69) is 5.32 Å². The first kappa shape index (κ1) is 14.8. The second-order valence-electron chi connectivity index (χ2n) is 4.89. The Labute approximate surface area is 121 Å². The summed E-state index contributed by atoms with van der Waals surface area (Å²) < 4.78 is 0. The SMILES string of the molecule is Nc1ccc(C(=O)NCC(=O)N2CCC[C@H]2C(=O)O)cc1. The largest absolute Gasteiger partial charge is 0.480 e. The zero-order valence-electron chi connectivity index (χ0n) is 11.4. The summed E-state index contributed by atoms with van der Waals surface area (Å²) in [5, 5.41) is 11.5. The van der Waals surface area contributed by atoms with Crippen molar-refractivity contribution in [1.29, 1.82) is 0 Å². The predicted molar refractivity (Wildman–Crippen MR) is 75.6 cm³/mol. The highest BCUT2D eigenvalue weighted by Gasteiger charge is 2.33. The number of carboxylic acid groups (broad SMARTS) is 1. The summed E-state index contributed by atoms with van der Waals surface area (Å²) >= 11 is 0. The van der Waals surface area contributed by atoms with Gasteiger partial charge in [-0.3, -0.25) is 9.59 Å². The summed E-state index contributed by atoms with van der Waals surface area (Å²) in [5.41, 5.74) is 6.47. The van der Waals surface area contributed by atoms with Crippen LogP contribution >= 0.6 is 0 Å². The van der Waals surface area contributed by atoms with Crippen LogP contribution in [0.5, 0.6) is 0 Å². The molecule has 1 aromatic carbocycles. The van der Waals surface area contributed by atoms with Crippen LogP contribution in [0.2, 0.25) is 0 Å². The molecule has 4 N–H and O–H groups in total. The standard InChI is InChI=1S/C14H17N3O4/c15-10-5-3-9(4-6-10)13(19)16-8-12(18)17-7-1-2-11(17)14(20)21/h3-6,11H,1-2,7-8,15H2,(H,16,19)(H,20,21)/t11-/m0/s1. The summed E-state index contributed by atoms with van der Waals surface area (Å²) in [4.78, 5) is 36.1. The van der Waals surface area contributed by atoms with Crippen LogP contribution in [-0.4, -0.2) is 46.9 Å². The van der Waals surface area contributed by atoms with Crippen molar-refractivity contribution in [2.75, 3.05) is 18.8 Å². The molecule has 0 aliphatic carbocycles. The second-order valence-corrected chi connectivity index (χ2v) is 4.89. The van der Waals surface area contributed by atoms with Gasteiger partial charge in [0.2, 0.25) is 5.91 Å². The number of rotatable bonds is 4. The summed E-state index contributed by atoms with van der Waals surface area (Å²) in [6, 6.07) is 5.52. The van der Waals surface area contributed by atoms with Crippen molar-refractivity contribution >= 4 is 23.5 Å². The fraction of sp³-hybridized carbons (Fsp3) is 0.357. The van der Waals surface area contributed by atoms with Gasteiger partial charge in [0.05, 0.1) is 6.54 Å². The Morgan fingerprint density at radius 2 is 1.95 bits per heavy atom. The molecule has 21 heavy (non-hydrogen) atoms. The monoisotopic (exact) mass is 291 g/mol. The van der Waals surface area contributed by atoms with Crippen molar-refractivity contribution in [1.82, 2.24) is 10.2 Å². The van der Waals surface area contributed by atoms with Gasteiger partial charge in [-0.1, -0.05) is 0 Å². The van der Waals surface area contributed by atoms with Gasteiger partial charge in [0, 0.05) is 17.8 Å². The average molecular weight is 291 g/mol. The van der Waals surface area contributed by atoms with E-state index in [0.29, 0.717) is 30.6 Å². The quantitative estimate of drug-likeness (QED) is 0.680. The van der Waals surface area contributed by atoms with Crippen LogP contribution in [0.3, 0.4) is 0 Å². The number of hydrogen-bond acceptors (Lipinski definition) is 4. The molecule has 1 atom stereocenters. The first-order chi connectivity index (χ1) is 9.99. The molecule has 0 aromatic heterocycles. The van der Waals surface area contributed by atoms with Crippen molar-refractivity contribution in [3.05, 3.63) is 29.8 Å². The van der Waals surface area contributed by atoms with Crippen LogP contribution < -0.4 is 11.1 Å². The van der Waals surface area contributed by atoms with Gasteiger partial charge in [0.25, 0.3) is 5.91 Å². The third kappa shape index (κ3) is 3.50. The normalized spacial score (nSPS) is 17.5. The highest BCUT2D eigenvalue weighted by atomic mass is 16.4. The van der Waals surface area contributed by atoms with Gasteiger partial charge in [0.15, 0.2) is 0 Å². The van der Waals surface area contributed by atoms with Crippen LogP contribution in [0.4, 0.5) is 5.69 Å². The molecule has 0 saturated carbocycles. The number of benzene rings is 1. The zero-order valence-corrected chi connectivity index (χ0v) is 11.4. The molecule has 112 valence electrons. The maximum absolute atomic E-state index is 12.0. The number of carbonyl (C=O) groups excluding carboxylic acids is 2. The number of aliphatic carboxylic acids is 1. The van der Waals surface area contributed by atoms with Gasteiger partial charge in [0.1, 0.15) is 6.04 Å². The molecule has 1 aliphatic heterocycles. The Morgan fingerprint density at radius 1 is 1.29 bits per heavy atom. The number of nitrogens with one attached hydrogen (secondary N) is 1. The number of carbonyl (C=O) groups is 3. The zero-order chi connectivity index (χ0) is 15.4. The van der Waals surface area contributed by atoms with Crippen molar-refractivity contribution in [2.24, 2.45) is 0 Å². The lowest BCUT2D eigenvalue weighted by molar-refractivity contribution is -0.147. The lowest BCUT2D eigenvalue weighted by Gasteiger charge is -2.21. The molecular formula is C14H17N3O4. The first-order valence-electron chi connectivity index (χ1n) is 6.65. The molecular weight excluding hydrogens is 274 g/mol. The Kier molecular flexibility index (Phi) is 4.42. The fourth-order valence-electron chi connectivity index (χ4n) is 2.32. The molecule has 7 nitrogen and oxygen atoms in total. The van der Waals surface area contributed by atoms with Gasteiger partial charge in [-0.2, -0.15) is 0 Å². The van der Waals surface area contributed by atoms with Gasteiger partial charge in [-0.15, -0.1) is 0 Å². The molecule has 1 aromatic rings. The highest BCUT2D eigenvalue weighted by Crippen LogP contribution is 2.17. The minimum absolute atomic E-state index is 0.215. The molecule has 0 unspecified atom stereocenters. The Morgan fingerprint density at radius 3 is 2.57 bits per heavy atom. The van der Waals surface area contributed by atoms with E-state index in [-0.39, 0.29) is 12.5 Å². The van der Waals surface area contributed by atoms with Crippen molar-refractivity contribution < 1.29 is 19.5 Å². The molecule has 1 fully saturated rings. The summed E-state index contributed by atoms with van der Waals surface area (Å²) in [6.45, 7) is 0.195. The third-order valence-corrected chi connectivity index (χ3v) is 3.43. The first-order valence-corrected chi connectivity index (χ1v) is 6.65. The van der Waals surface area contributed by atoms with Crippen molar-refractivity contribution in [2.45, 2.75) is 18.9 Å². The number of carboxylic acids is 1. The number of nitrogens with zero attached hydrogens (tertiary/aromatic N) is 1. The van der Waals surface area contributed by atoms with Crippen LogP contribution in [0.15, 0.2) is 24.3 Å². The fourth-order valence-corrected chi connectivity index (χ4v) is 2.32. The molecule has 7 heteroatoms. The van der Waals surface area contributed by atoms with Crippen LogP contribution in [-0.2, 0) is 9.59 Å². The topological polar surface area (TPSA) is 113 Å². The summed E-state index contributed by atoms with van der Waals surface area (Å²) in [7, 11) is 0. The van der Waals surface area contributed by atoms with E-state index in [1.807, 2.05) is 0 Å².